The van der Waals surface area contributed by atoms with Crippen molar-refractivity contribution < 1.29 is 18.3 Å². The summed E-state index contributed by atoms with van der Waals surface area (Å²) in [5.74, 6) is 1.26. The molecule has 170 valence electrons. The SMILES string of the molecule is CC(C)(C)Oc1cccc(C(O)NCC2CCN(CCNS(=O)(=O)C3CC3)CC2)c1. The van der Waals surface area contributed by atoms with Gasteiger partial charge in [-0.25, -0.2) is 13.1 Å². The van der Waals surface area contributed by atoms with Gasteiger partial charge in [-0.2, -0.15) is 0 Å². The molecule has 1 aromatic rings. The van der Waals surface area contributed by atoms with Gasteiger partial charge in [0.1, 0.15) is 17.6 Å². The summed E-state index contributed by atoms with van der Waals surface area (Å²) in [5.41, 5.74) is 0.528. The number of ether oxygens (including phenoxy) is 1. The average Bonchev–Trinajstić information content (AvgIpc) is 3.52. The maximum absolute atomic E-state index is 11.9. The fourth-order valence-corrected chi connectivity index (χ4v) is 5.12. The highest BCUT2D eigenvalue weighted by Crippen LogP contribution is 2.27. The van der Waals surface area contributed by atoms with E-state index in [4.69, 9.17) is 4.74 Å². The van der Waals surface area contributed by atoms with Crippen LogP contribution < -0.4 is 14.8 Å². The van der Waals surface area contributed by atoms with Gasteiger partial charge in [0.25, 0.3) is 0 Å². The van der Waals surface area contributed by atoms with Gasteiger partial charge in [-0.3, -0.25) is 5.32 Å². The molecule has 1 unspecified atom stereocenters. The Labute approximate surface area is 181 Å². The Morgan fingerprint density at radius 1 is 1.20 bits per heavy atom. The molecule has 0 amide bonds. The topological polar surface area (TPSA) is 90.9 Å². The number of aliphatic hydroxyl groups excluding tert-OH is 1. The van der Waals surface area contributed by atoms with E-state index in [2.05, 4.69) is 14.9 Å². The molecule has 3 N–H and O–H groups in total. The number of likely N-dealkylation sites (tertiary alicyclic amines) is 1. The lowest BCUT2D eigenvalue weighted by atomic mass is 9.96. The number of rotatable bonds is 10. The van der Waals surface area contributed by atoms with Crippen molar-refractivity contribution in [2.45, 2.75) is 63.5 Å². The van der Waals surface area contributed by atoms with E-state index >= 15 is 0 Å². The van der Waals surface area contributed by atoms with E-state index in [9.17, 15) is 13.5 Å². The Balaban J connectivity index is 1.35. The molecule has 1 aliphatic carbocycles. The molecule has 0 bridgehead atoms. The average molecular weight is 440 g/mol. The lowest BCUT2D eigenvalue weighted by molar-refractivity contribution is 0.115. The number of hydrogen-bond acceptors (Lipinski definition) is 6. The molecule has 3 rings (SSSR count). The number of sulfonamides is 1. The Morgan fingerprint density at radius 2 is 1.90 bits per heavy atom. The van der Waals surface area contributed by atoms with Crippen molar-refractivity contribution in [3.05, 3.63) is 29.8 Å². The van der Waals surface area contributed by atoms with E-state index in [1.165, 1.54) is 0 Å². The molecule has 1 aromatic carbocycles. The fourth-order valence-electron chi connectivity index (χ4n) is 3.75. The predicted octanol–water partition coefficient (Wildman–Crippen LogP) is 2.24. The van der Waals surface area contributed by atoms with Crippen LogP contribution in [0.3, 0.4) is 0 Å². The number of nitrogens with one attached hydrogen (secondary N) is 2. The van der Waals surface area contributed by atoms with Gasteiger partial charge in [-0.15, -0.1) is 0 Å². The summed E-state index contributed by atoms with van der Waals surface area (Å²) in [7, 11) is -3.08. The van der Waals surface area contributed by atoms with E-state index in [1.807, 2.05) is 45.0 Å². The first-order valence-electron chi connectivity index (χ1n) is 11.0. The number of hydrogen-bond donors (Lipinski definition) is 3. The van der Waals surface area contributed by atoms with Crippen LogP contribution in [0.5, 0.6) is 5.75 Å². The van der Waals surface area contributed by atoms with Gasteiger partial charge in [0, 0.05) is 19.6 Å². The Morgan fingerprint density at radius 3 is 2.53 bits per heavy atom. The van der Waals surface area contributed by atoms with Crippen molar-refractivity contribution in [2.75, 3.05) is 32.7 Å². The van der Waals surface area contributed by atoms with Crippen molar-refractivity contribution in [1.29, 1.82) is 0 Å². The van der Waals surface area contributed by atoms with Gasteiger partial charge in [0.15, 0.2) is 0 Å². The molecular formula is C22H37N3O4S. The van der Waals surface area contributed by atoms with Crippen molar-refractivity contribution >= 4 is 10.0 Å². The molecule has 1 atom stereocenters. The van der Waals surface area contributed by atoms with Crippen LogP contribution in [-0.4, -0.2) is 62.0 Å². The summed E-state index contributed by atoms with van der Waals surface area (Å²) in [4.78, 5) is 2.32. The highest BCUT2D eigenvalue weighted by molar-refractivity contribution is 7.90. The smallest absolute Gasteiger partial charge is 0.214 e. The minimum Gasteiger partial charge on any atom is -0.488 e. The zero-order chi connectivity index (χ0) is 21.8. The third kappa shape index (κ3) is 7.50. The van der Waals surface area contributed by atoms with Crippen molar-refractivity contribution in [1.82, 2.24) is 14.9 Å². The quantitative estimate of drug-likeness (QED) is 0.485. The molecular weight excluding hydrogens is 402 g/mol. The fraction of sp³-hybridized carbons (Fsp3) is 0.727. The van der Waals surface area contributed by atoms with Crippen LogP contribution in [-0.2, 0) is 10.0 Å². The molecule has 30 heavy (non-hydrogen) atoms. The summed E-state index contributed by atoms with van der Waals surface area (Å²) in [5, 5.41) is 13.6. The van der Waals surface area contributed by atoms with Gasteiger partial charge in [0.05, 0.1) is 5.25 Å². The molecule has 2 fully saturated rings. The monoisotopic (exact) mass is 439 g/mol. The molecule has 1 heterocycles. The van der Waals surface area contributed by atoms with Crippen molar-refractivity contribution in [2.24, 2.45) is 5.92 Å². The van der Waals surface area contributed by atoms with Gasteiger partial charge < -0.3 is 14.7 Å². The summed E-state index contributed by atoms with van der Waals surface area (Å²) < 4.78 is 32.4. The van der Waals surface area contributed by atoms with Crippen LogP contribution in [0.1, 0.15) is 58.2 Å². The van der Waals surface area contributed by atoms with Gasteiger partial charge in [-0.05, 0) is 83.2 Å². The van der Waals surface area contributed by atoms with Gasteiger partial charge in [-0.1, -0.05) is 12.1 Å². The number of benzene rings is 1. The second-order valence-electron chi connectivity index (χ2n) is 9.52. The first kappa shape index (κ1) is 23.5. The summed E-state index contributed by atoms with van der Waals surface area (Å²) in [6, 6.07) is 7.59. The Bertz CT molecular complexity index is 782. The maximum Gasteiger partial charge on any atom is 0.214 e. The molecule has 2 aliphatic rings. The maximum atomic E-state index is 11.9. The van der Waals surface area contributed by atoms with Crippen LogP contribution >= 0.6 is 0 Å². The Hall–Kier alpha value is -1.19. The standard InChI is InChI=1S/C22H37N3O4S/c1-22(2,3)29-19-6-4-5-18(15-19)21(26)23-16-17-9-12-25(13-10-17)14-11-24-30(27,28)20-7-8-20/h4-6,15,17,20-21,23-24,26H,7-14,16H2,1-3H3. The summed E-state index contributed by atoms with van der Waals surface area (Å²) in [6.45, 7) is 9.94. The molecule has 7 nitrogen and oxygen atoms in total. The lowest BCUT2D eigenvalue weighted by Gasteiger charge is -2.32. The van der Waals surface area contributed by atoms with E-state index in [-0.39, 0.29) is 10.9 Å². The lowest BCUT2D eigenvalue weighted by Crippen LogP contribution is -2.42. The molecule has 8 heteroatoms. The second-order valence-corrected chi connectivity index (χ2v) is 11.6. The van der Waals surface area contributed by atoms with E-state index in [1.54, 1.807) is 0 Å². The first-order valence-corrected chi connectivity index (χ1v) is 12.6. The minimum atomic E-state index is -3.08. The minimum absolute atomic E-state index is 0.151. The highest BCUT2D eigenvalue weighted by atomic mass is 32.2. The van der Waals surface area contributed by atoms with Crippen LogP contribution in [0.2, 0.25) is 0 Å². The summed E-state index contributed by atoms with van der Waals surface area (Å²) in [6.07, 6.45) is 2.97. The van der Waals surface area contributed by atoms with E-state index in [0.717, 1.165) is 63.2 Å². The number of aliphatic hydroxyl groups is 1. The van der Waals surface area contributed by atoms with Crippen molar-refractivity contribution in [3.63, 3.8) is 0 Å². The van der Waals surface area contributed by atoms with Gasteiger partial charge >= 0.3 is 0 Å². The molecule has 1 saturated heterocycles. The predicted molar refractivity (Wildman–Crippen MR) is 119 cm³/mol. The first-order chi connectivity index (χ1) is 14.1. The molecule has 0 aromatic heterocycles. The van der Waals surface area contributed by atoms with Crippen molar-refractivity contribution in [3.8, 4) is 5.75 Å². The Kier molecular flexibility index (Phi) is 7.79. The van der Waals surface area contributed by atoms with Crippen LogP contribution in [0.15, 0.2) is 24.3 Å². The second kappa shape index (κ2) is 9.96. The van der Waals surface area contributed by atoms with Crippen LogP contribution in [0.4, 0.5) is 0 Å². The highest BCUT2D eigenvalue weighted by Gasteiger charge is 2.35. The molecule has 0 radical (unpaired) electrons. The molecule has 0 spiro atoms. The van der Waals surface area contributed by atoms with E-state index < -0.39 is 16.3 Å². The number of piperidine rings is 1. The normalized spacial score (nSPS) is 20.3. The largest absolute Gasteiger partial charge is 0.488 e. The zero-order valence-electron chi connectivity index (χ0n) is 18.4. The third-order valence-corrected chi connectivity index (χ3v) is 7.55. The molecule has 1 aliphatic heterocycles. The molecule has 1 saturated carbocycles. The van der Waals surface area contributed by atoms with E-state index in [0.29, 0.717) is 12.5 Å². The zero-order valence-corrected chi connectivity index (χ0v) is 19.2. The summed E-state index contributed by atoms with van der Waals surface area (Å²) >= 11 is 0. The van der Waals surface area contributed by atoms with Gasteiger partial charge in [0.2, 0.25) is 10.0 Å². The van der Waals surface area contributed by atoms with Crippen LogP contribution in [0, 0.1) is 5.92 Å². The third-order valence-electron chi connectivity index (χ3n) is 5.60. The number of nitrogens with zero attached hydrogens (tertiary/aromatic N) is 1. The van der Waals surface area contributed by atoms with Crippen LogP contribution in [0.25, 0.3) is 0 Å².